The molecule has 2 rings (SSSR count). The van der Waals surface area contributed by atoms with Gasteiger partial charge in [-0.1, -0.05) is 0 Å². The molecule has 7 heteroatoms. The van der Waals surface area contributed by atoms with Crippen LogP contribution in [-0.2, 0) is 16.1 Å². The monoisotopic (exact) mass is 363 g/mol. The average molecular weight is 364 g/mol. The van der Waals surface area contributed by atoms with Crippen LogP contribution in [0, 0.1) is 13.8 Å². The third-order valence-electron chi connectivity index (χ3n) is 4.62. The third kappa shape index (κ3) is 7.06. The number of esters is 1. The fraction of sp³-hybridized carbons (Fsp3) is 0.737. The highest BCUT2D eigenvalue weighted by molar-refractivity contribution is 5.79. The molecule has 0 radical (unpaired) electrons. The van der Waals surface area contributed by atoms with E-state index in [2.05, 4.69) is 33.7 Å². The maximum Gasteiger partial charge on any atom is 0.306 e. The van der Waals surface area contributed by atoms with Gasteiger partial charge in [0.15, 0.2) is 5.96 Å². The second-order valence-corrected chi connectivity index (χ2v) is 6.93. The largest absolute Gasteiger partial charge is 0.462 e. The van der Waals surface area contributed by atoms with Gasteiger partial charge in [-0.3, -0.25) is 14.5 Å². The van der Waals surface area contributed by atoms with Gasteiger partial charge in [-0.05, 0) is 58.4 Å². The van der Waals surface area contributed by atoms with Crippen LogP contribution in [0.3, 0.4) is 0 Å². The van der Waals surface area contributed by atoms with Crippen molar-refractivity contribution in [3.8, 4) is 0 Å². The Balaban J connectivity index is 1.53. The van der Waals surface area contributed by atoms with Gasteiger partial charge in [0, 0.05) is 38.8 Å². The number of aromatic nitrogens is 2. The first-order valence-corrected chi connectivity index (χ1v) is 9.73. The number of nitrogens with zero attached hydrogens (tertiary/aromatic N) is 3. The molecule has 1 heterocycles. The van der Waals surface area contributed by atoms with Crippen molar-refractivity contribution >= 4 is 11.9 Å². The Kier molecular flexibility index (Phi) is 8.44. The van der Waals surface area contributed by atoms with E-state index in [4.69, 9.17) is 4.74 Å². The number of hydrogen-bond donors (Lipinski definition) is 2. The van der Waals surface area contributed by atoms with Crippen LogP contribution in [0.5, 0.6) is 0 Å². The van der Waals surface area contributed by atoms with Gasteiger partial charge in [0.25, 0.3) is 0 Å². The molecular formula is C19H33N5O2. The van der Waals surface area contributed by atoms with E-state index in [0.717, 1.165) is 50.4 Å². The number of hydrogen-bond acceptors (Lipinski definition) is 4. The van der Waals surface area contributed by atoms with E-state index in [9.17, 15) is 4.79 Å². The van der Waals surface area contributed by atoms with E-state index in [0.29, 0.717) is 13.0 Å². The average Bonchev–Trinajstić information content (AvgIpc) is 3.22. The number of carbonyl (C=O) groups excluding carboxylic acids is 1. The molecule has 1 aliphatic carbocycles. The second-order valence-electron chi connectivity index (χ2n) is 6.93. The Morgan fingerprint density at radius 1 is 1.27 bits per heavy atom. The first kappa shape index (κ1) is 20.3. The van der Waals surface area contributed by atoms with Crippen molar-refractivity contribution < 1.29 is 9.53 Å². The van der Waals surface area contributed by atoms with E-state index >= 15 is 0 Å². The van der Waals surface area contributed by atoms with Crippen molar-refractivity contribution in [1.29, 1.82) is 0 Å². The minimum atomic E-state index is -0.0773. The van der Waals surface area contributed by atoms with Crippen LogP contribution >= 0.6 is 0 Å². The predicted molar refractivity (Wildman–Crippen MR) is 103 cm³/mol. The van der Waals surface area contributed by atoms with Gasteiger partial charge in [0.05, 0.1) is 5.69 Å². The summed E-state index contributed by atoms with van der Waals surface area (Å²) in [7, 11) is 1.75. The quantitative estimate of drug-likeness (QED) is 0.305. The fourth-order valence-corrected chi connectivity index (χ4v) is 3.25. The molecule has 0 atom stereocenters. The number of guanidine groups is 1. The first-order valence-electron chi connectivity index (χ1n) is 9.73. The minimum Gasteiger partial charge on any atom is -0.462 e. The summed E-state index contributed by atoms with van der Waals surface area (Å²) in [4.78, 5) is 16.0. The van der Waals surface area contributed by atoms with Crippen LogP contribution in [-0.4, -0.2) is 48.0 Å². The molecule has 1 saturated carbocycles. The molecule has 26 heavy (non-hydrogen) atoms. The Bertz CT molecular complexity index is 591. The summed E-state index contributed by atoms with van der Waals surface area (Å²) >= 11 is 0. The summed E-state index contributed by atoms with van der Waals surface area (Å²) in [6, 6.07) is 2.09. The van der Waals surface area contributed by atoms with Crippen molar-refractivity contribution in [2.45, 2.75) is 71.4 Å². The molecule has 0 aromatic carbocycles. The lowest BCUT2D eigenvalue weighted by Crippen LogP contribution is -2.38. The van der Waals surface area contributed by atoms with Gasteiger partial charge in [0.1, 0.15) is 6.10 Å². The van der Waals surface area contributed by atoms with Gasteiger partial charge in [-0.2, -0.15) is 5.10 Å². The molecule has 1 aromatic heterocycles. The number of ether oxygens (including phenoxy) is 1. The molecule has 7 nitrogen and oxygen atoms in total. The Hall–Kier alpha value is -2.05. The number of aliphatic imine (C=N–C) groups is 1. The summed E-state index contributed by atoms with van der Waals surface area (Å²) in [5, 5.41) is 11.0. The maximum absolute atomic E-state index is 11.8. The molecular weight excluding hydrogens is 330 g/mol. The smallest absolute Gasteiger partial charge is 0.306 e. The number of rotatable bonds is 9. The van der Waals surface area contributed by atoms with Crippen LogP contribution in [0.4, 0.5) is 0 Å². The lowest BCUT2D eigenvalue weighted by Gasteiger charge is -2.13. The summed E-state index contributed by atoms with van der Waals surface area (Å²) in [6.07, 6.45) is 6.75. The summed E-state index contributed by atoms with van der Waals surface area (Å²) in [6.45, 7) is 6.50. The zero-order valence-electron chi connectivity index (χ0n) is 16.4. The van der Waals surface area contributed by atoms with Crippen LogP contribution in [0.2, 0.25) is 0 Å². The van der Waals surface area contributed by atoms with Gasteiger partial charge < -0.3 is 15.4 Å². The first-order chi connectivity index (χ1) is 12.6. The Labute approximate surface area is 156 Å². The normalized spacial score (nSPS) is 15.3. The van der Waals surface area contributed by atoms with E-state index in [1.807, 2.05) is 11.6 Å². The van der Waals surface area contributed by atoms with E-state index < -0.39 is 0 Å². The topological polar surface area (TPSA) is 80.5 Å². The molecule has 1 fully saturated rings. The Morgan fingerprint density at radius 2 is 1.96 bits per heavy atom. The van der Waals surface area contributed by atoms with Crippen LogP contribution in [0.25, 0.3) is 0 Å². The number of carbonyl (C=O) groups is 1. The van der Waals surface area contributed by atoms with Crippen molar-refractivity contribution in [3.05, 3.63) is 17.5 Å². The summed E-state index contributed by atoms with van der Waals surface area (Å²) in [5.74, 6) is 0.689. The van der Waals surface area contributed by atoms with Gasteiger partial charge in [0.2, 0.25) is 0 Å². The predicted octanol–water partition coefficient (Wildman–Crippen LogP) is 2.32. The maximum atomic E-state index is 11.8. The molecule has 146 valence electrons. The molecule has 1 aromatic rings. The van der Waals surface area contributed by atoms with Crippen LogP contribution < -0.4 is 10.6 Å². The van der Waals surface area contributed by atoms with E-state index in [-0.39, 0.29) is 12.1 Å². The molecule has 2 N–H and O–H groups in total. The van der Waals surface area contributed by atoms with Crippen molar-refractivity contribution in [1.82, 2.24) is 20.4 Å². The zero-order chi connectivity index (χ0) is 18.8. The third-order valence-corrected chi connectivity index (χ3v) is 4.62. The highest BCUT2D eigenvalue weighted by Crippen LogP contribution is 2.21. The molecule has 0 saturated heterocycles. The van der Waals surface area contributed by atoms with Crippen molar-refractivity contribution in [2.24, 2.45) is 4.99 Å². The molecule has 0 bridgehead atoms. The number of nitrogens with one attached hydrogen (secondary N) is 2. The van der Waals surface area contributed by atoms with Crippen LogP contribution in [0.15, 0.2) is 11.1 Å². The summed E-state index contributed by atoms with van der Waals surface area (Å²) in [5.41, 5.74) is 2.24. The van der Waals surface area contributed by atoms with Crippen molar-refractivity contribution in [3.63, 3.8) is 0 Å². The second kappa shape index (κ2) is 10.8. The van der Waals surface area contributed by atoms with Crippen molar-refractivity contribution in [2.75, 3.05) is 20.1 Å². The lowest BCUT2D eigenvalue weighted by molar-refractivity contribution is -0.148. The van der Waals surface area contributed by atoms with E-state index in [1.165, 1.54) is 18.5 Å². The SMILES string of the molecule is CN=C(NCCCC(=O)OC1CCCC1)NCCCn1nc(C)cc1C. The molecule has 0 aliphatic heterocycles. The van der Waals surface area contributed by atoms with Gasteiger partial charge in [-0.15, -0.1) is 0 Å². The minimum absolute atomic E-state index is 0.0773. The lowest BCUT2D eigenvalue weighted by atomic mass is 10.3. The molecule has 1 aliphatic rings. The molecule has 0 amide bonds. The van der Waals surface area contributed by atoms with Crippen LogP contribution in [0.1, 0.15) is 56.3 Å². The highest BCUT2D eigenvalue weighted by Gasteiger charge is 2.18. The zero-order valence-corrected chi connectivity index (χ0v) is 16.4. The highest BCUT2D eigenvalue weighted by atomic mass is 16.5. The standard InChI is InChI=1S/C19H33N5O2/c1-15-14-16(2)24(23-15)13-7-12-22-19(20-3)21-11-6-10-18(25)26-17-8-4-5-9-17/h14,17H,4-13H2,1-3H3,(H2,20,21,22). The van der Waals surface area contributed by atoms with E-state index in [1.54, 1.807) is 7.05 Å². The van der Waals surface area contributed by atoms with Gasteiger partial charge in [-0.25, -0.2) is 0 Å². The fourth-order valence-electron chi connectivity index (χ4n) is 3.25. The summed E-state index contributed by atoms with van der Waals surface area (Å²) < 4.78 is 7.49. The molecule has 0 unspecified atom stereocenters. The number of aryl methyl sites for hydroxylation is 3. The Morgan fingerprint density at radius 3 is 2.58 bits per heavy atom. The molecule has 0 spiro atoms. The van der Waals surface area contributed by atoms with Gasteiger partial charge >= 0.3 is 5.97 Å².